The van der Waals surface area contributed by atoms with Crippen LogP contribution in [0.2, 0.25) is 0 Å². The van der Waals surface area contributed by atoms with Crippen LogP contribution in [-0.4, -0.2) is 29.8 Å². The molecule has 6 heteroatoms. The summed E-state index contributed by atoms with van der Waals surface area (Å²) < 4.78 is 19.2. The Morgan fingerprint density at radius 1 is 1.23 bits per heavy atom. The van der Waals surface area contributed by atoms with E-state index in [1.807, 2.05) is 57.2 Å². The molecular weight excluding hydrogens is 380 g/mol. The molecule has 4 rings (SSSR count). The van der Waals surface area contributed by atoms with Crippen LogP contribution in [0.4, 0.5) is 5.69 Å². The Morgan fingerprint density at radius 2 is 2.10 bits per heavy atom. The highest BCUT2D eigenvalue weighted by atomic mass is 16.5. The number of aryl methyl sites for hydroxylation is 2. The number of nitrogens with zero attached hydrogens (tertiary/aromatic N) is 1. The van der Waals surface area contributed by atoms with Crippen LogP contribution < -0.4 is 10.1 Å². The molecule has 0 aliphatic carbocycles. The van der Waals surface area contributed by atoms with Crippen LogP contribution in [0.25, 0.3) is 0 Å². The van der Waals surface area contributed by atoms with Gasteiger partial charge in [0.15, 0.2) is 0 Å². The second kappa shape index (κ2) is 8.79. The van der Waals surface area contributed by atoms with Crippen LogP contribution in [0.15, 0.2) is 47.1 Å². The Hall–Kier alpha value is -2.99. The summed E-state index contributed by atoms with van der Waals surface area (Å²) in [4.78, 5) is 13.1. The second-order valence-electron chi connectivity index (χ2n) is 7.85. The van der Waals surface area contributed by atoms with E-state index in [1.165, 1.54) is 0 Å². The molecule has 158 valence electrons. The van der Waals surface area contributed by atoms with Gasteiger partial charge in [-0.1, -0.05) is 6.07 Å². The lowest BCUT2D eigenvalue weighted by atomic mass is 10.2. The number of rotatable bonds is 7. The van der Waals surface area contributed by atoms with E-state index in [4.69, 9.17) is 13.9 Å². The highest BCUT2D eigenvalue weighted by Crippen LogP contribution is 2.28. The number of hydrogen-bond donors (Lipinski definition) is 1. The standard InChI is InChI=1S/C24H28N2O4/c1-16-8-9-22(23(12-16)30-15-20-7-5-11-29-20)25-24(27)21-13-17(2)26(18(21)3)14-19-6-4-10-28-19/h4,6,8-10,12-13,20H,5,7,11,14-15H2,1-3H3,(H,25,27). The van der Waals surface area contributed by atoms with Crippen molar-refractivity contribution in [2.24, 2.45) is 0 Å². The molecule has 6 nitrogen and oxygen atoms in total. The molecule has 1 aliphatic rings. The smallest absolute Gasteiger partial charge is 0.257 e. The molecule has 1 saturated heterocycles. The maximum absolute atomic E-state index is 13.1. The quantitative estimate of drug-likeness (QED) is 0.606. The van der Waals surface area contributed by atoms with Gasteiger partial charge in [-0.25, -0.2) is 0 Å². The molecule has 1 fully saturated rings. The lowest BCUT2D eigenvalue weighted by Crippen LogP contribution is -2.18. The number of carbonyl (C=O) groups is 1. The van der Waals surface area contributed by atoms with Gasteiger partial charge in [-0.2, -0.15) is 0 Å². The molecule has 0 radical (unpaired) electrons. The lowest BCUT2D eigenvalue weighted by Gasteiger charge is -2.16. The van der Waals surface area contributed by atoms with Gasteiger partial charge in [0.2, 0.25) is 0 Å². The average Bonchev–Trinajstić information content (AvgIpc) is 3.47. The highest BCUT2D eigenvalue weighted by Gasteiger charge is 2.20. The first-order valence-electron chi connectivity index (χ1n) is 10.4. The number of carbonyl (C=O) groups excluding carboxylic acids is 1. The van der Waals surface area contributed by atoms with Crippen molar-refractivity contribution in [1.29, 1.82) is 0 Å². The van der Waals surface area contributed by atoms with Crippen molar-refractivity contribution in [3.05, 3.63) is 70.9 Å². The van der Waals surface area contributed by atoms with Gasteiger partial charge in [0.25, 0.3) is 5.91 Å². The van der Waals surface area contributed by atoms with E-state index < -0.39 is 0 Å². The van der Waals surface area contributed by atoms with Crippen LogP contribution in [0, 0.1) is 20.8 Å². The Kier molecular flexibility index (Phi) is 5.95. The normalized spacial score (nSPS) is 16.0. The molecule has 0 bridgehead atoms. The Balaban J connectivity index is 1.51. The summed E-state index contributed by atoms with van der Waals surface area (Å²) in [5, 5.41) is 3.03. The van der Waals surface area contributed by atoms with E-state index in [0.29, 0.717) is 30.2 Å². The van der Waals surface area contributed by atoms with Crippen LogP contribution >= 0.6 is 0 Å². The van der Waals surface area contributed by atoms with E-state index in [-0.39, 0.29) is 12.0 Å². The van der Waals surface area contributed by atoms with Crippen molar-refractivity contribution in [3.63, 3.8) is 0 Å². The second-order valence-corrected chi connectivity index (χ2v) is 7.85. The van der Waals surface area contributed by atoms with E-state index in [9.17, 15) is 4.79 Å². The first-order chi connectivity index (χ1) is 14.5. The molecule has 0 spiro atoms. The third-order valence-corrected chi connectivity index (χ3v) is 5.55. The minimum Gasteiger partial charge on any atom is -0.489 e. The van der Waals surface area contributed by atoms with E-state index in [1.54, 1.807) is 6.26 Å². The van der Waals surface area contributed by atoms with Crippen LogP contribution in [0.5, 0.6) is 5.75 Å². The molecule has 3 heterocycles. The number of anilines is 1. The summed E-state index contributed by atoms with van der Waals surface area (Å²) in [5.41, 5.74) is 4.29. The molecule has 1 atom stereocenters. The molecule has 0 saturated carbocycles. The van der Waals surface area contributed by atoms with Gasteiger partial charge in [0.1, 0.15) is 18.1 Å². The lowest BCUT2D eigenvalue weighted by molar-refractivity contribution is 0.0681. The Morgan fingerprint density at radius 3 is 2.83 bits per heavy atom. The monoisotopic (exact) mass is 408 g/mol. The third kappa shape index (κ3) is 4.44. The number of hydrogen-bond acceptors (Lipinski definition) is 4. The van der Waals surface area contributed by atoms with Crippen LogP contribution in [0.3, 0.4) is 0 Å². The number of ether oxygens (including phenoxy) is 2. The Bertz CT molecular complexity index is 1010. The molecular formula is C24H28N2O4. The maximum Gasteiger partial charge on any atom is 0.257 e. The van der Waals surface area contributed by atoms with Crippen molar-refractivity contribution in [1.82, 2.24) is 4.57 Å². The van der Waals surface area contributed by atoms with Crippen molar-refractivity contribution >= 4 is 11.6 Å². The van der Waals surface area contributed by atoms with Gasteiger partial charge >= 0.3 is 0 Å². The first kappa shape index (κ1) is 20.3. The van der Waals surface area contributed by atoms with Crippen LogP contribution in [0.1, 0.15) is 45.9 Å². The molecule has 1 N–H and O–H groups in total. The van der Waals surface area contributed by atoms with Gasteiger partial charge < -0.3 is 23.8 Å². The molecule has 30 heavy (non-hydrogen) atoms. The van der Waals surface area contributed by atoms with Gasteiger partial charge in [-0.3, -0.25) is 4.79 Å². The van der Waals surface area contributed by atoms with Gasteiger partial charge in [0, 0.05) is 18.0 Å². The highest BCUT2D eigenvalue weighted by molar-refractivity contribution is 6.06. The minimum absolute atomic E-state index is 0.120. The van der Waals surface area contributed by atoms with Crippen molar-refractivity contribution in [3.8, 4) is 5.75 Å². The van der Waals surface area contributed by atoms with Gasteiger partial charge in [-0.15, -0.1) is 0 Å². The van der Waals surface area contributed by atoms with E-state index >= 15 is 0 Å². The van der Waals surface area contributed by atoms with Crippen molar-refractivity contribution in [2.75, 3.05) is 18.5 Å². The zero-order valence-electron chi connectivity index (χ0n) is 17.7. The summed E-state index contributed by atoms with van der Waals surface area (Å²) in [7, 11) is 0. The molecule has 1 aromatic carbocycles. The van der Waals surface area contributed by atoms with Gasteiger partial charge in [0.05, 0.1) is 30.2 Å². The van der Waals surface area contributed by atoms with Crippen molar-refractivity contribution < 1.29 is 18.7 Å². The fraction of sp³-hybridized carbons (Fsp3) is 0.375. The van der Waals surface area contributed by atoms with E-state index in [0.717, 1.165) is 42.2 Å². The molecule has 1 aliphatic heterocycles. The topological polar surface area (TPSA) is 65.6 Å². The summed E-state index contributed by atoms with van der Waals surface area (Å²) in [6.07, 6.45) is 3.86. The fourth-order valence-corrected chi connectivity index (χ4v) is 3.83. The van der Waals surface area contributed by atoms with Crippen LogP contribution in [-0.2, 0) is 11.3 Å². The minimum atomic E-state index is -0.153. The molecule has 2 aromatic heterocycles. The molecule has 3 aromatic rings. The van der Waals surface area contributed by atoms with E-state index in [2.05, 4.69) is 9.88 Å². The largest absolute Gasteiger partial charge is 0.489 e. The zero-order chi connectivity index (χ0) is 21.1. The zero-order valence-corrected chi connectivity index (χ0v) is 17.7. The number of benzene rings is 1. The number of aromatic nitrogens is 1. The van der Waals surface area contributed by atoms with Crippen molar-refractivity contribution in [2.45, 2.75) is 46.3 Å². The number of furan rings is 1. The number of nitrogens with one attached hydrogen (secondary N) is 1. The summed E-state index contributed by atoms with van der Waals surface area (Å²) in [6.45, 7) is 7.83. The summed E-state index contributed by atoms with van der Waals surface area (Å²) in [5.74, 6) is 1.37. The average molecular weight is 408 g/mol. The fourth-order valence-electron chi connectivity index (χ4n) is 3.83. The third-order valence-electron chi connectivity index (χ3n) is 5.55. The van der Waals surface area contributed by atoms with Gasteiger partial charge in [-0.05, 0) is 69.5 Å². The predicted octanol–water partition coefficient (Wildman–Crippen LogP) is 4.86. The first-order valence-corrected chi connectivity index (χ1v) is 10.4. The predicted molar refractivity (Wildman–Crippen MR) is 115 cm³/mol. The Labute approximate surface area is 176 Å². The SMILES string of the molecule is Cc1ccc(NC(=O)c2cc(C)n(Cc3ccco3)c2C)c(OCC2CCCO2)c1. The summed E-state index contributed by atoms with van der Waals surface area (Å²) >= 11 is 0. The summed E-state index contributed by atoms with van der Waals surface area (Å²) in [6, 6.07) is 11.5. The maximum atomic E-state index is 13.1. The number of amides is 1. The molecule has 1 amide bonds. The molecule has 1 unspecified atom stereocenters.